The number of carbonyl (C=O) groups is 2. The first kappa shape index (κ1) is 16.8. The Morgan fingerprint density at radius 2 is 1.74 bits per heavy atom. The normalized spacial score (nSPS) is 11.4. The summed E-state index contributed by atoms with van der Waals surface area (Å²) < 4.78 is 10.3. The lowest BCUT2D eigenvalue weighted by Crippen LogP contribution is -2.31. The first-order chi connectivity index (χ1) is 11.0. The van der Waals surface area contributed by atoms with Gasteiger partial charge in [0.05, 0.1) is 0 Å². The molecule has 2 rings (SSSR count). The van der Waals surface area contributed by atoms with E-state index in [0.29, 0.717) is 16.5 Å². The van der Waals surface area contributed by atoms with Crippen molar-refractivity contribution in [3.63, 3.8) is 0 Å². The van der Waals surface area contributed by atoms with Crippen LogP contribution in [0.25, 0.3) is 0 Å². The molecule has 120 valence electrons. The summed E-state index contributed by atoms with van der Waals surface area (Å²) in [5.41, 5.74) is 0.637. The van der Waals surface area contributed by atoms with E-state index in [-0.39, 0.29) is 6.61 Å². The van der Waals surface area contributed by atoms with Crippen LogP contribution in [0.1, 0.15) is 6.92 Å². The maximum absolute atomic E-state index is 11.9. The fraction of sp³-hybridized carbons (Fsp3) is 0.176. The lowest BCUT2D eigenvalue weighted by Gasteiger charge is -2.14. The van der Waals surface area contributed by atoms with Crippen molar-refractivity contribution in [1.82, 2.24) is 0 Å². The largest absolute Gasteiger partial charge is 0.482 e. The molecule has 1 amide bonds. The summed E-state index contributed by atoms with van der Waals surface area (Å²) in [7, 11) is 0. The molecule has 1 atom stereocenters. The van der Waals surface area contributed by atoms with Gasteiger partial charge in [-0.2, -0.15) is 0 Å². The predicted octanol–water partition coefficient (Wildman–Crippen LogP) is 3.29. The zero-order chi connectivity index (χ0) is 16.7. The molecular formula is C17H16ClNO4. The third-order valence-corrected chi connectivity index (χ3v) is 3.14. The summed E-state index contributed by atoms with van der Waals surface area (Å²) in [6, 6.07) is 15.5. The summed E-state index contributed by atoms with van der Waals surface area (Å²) >= 11 is 5.75. The molecule has 0 heterocycles. The maximum atomic E-state index is 11.9. The van der Waals surface area contributed by atoms with Crippen LogP contribution in [-0.2, 0) is 14.3 Å². The summed E-state index contributed by atoms with van der Waals surface area (Å²) in [5.74, 6) is -0.542. The highest BCUT2D eigenvalue weighted by molar-refractivity contribution is 6.30. The molecule has 2 aromatic carbocycles. The van der Waals surface area contributed by atoms with E-state index >= 15 is 0 Å². The van der Waals surface area contributed by atoms with Gasteiger partial charge in [-0.05, 0) is 43.3 Å². The number of carbonyl (C=O) groups excluding carboxylic acids is 2. The second-order valence-corrected chi connectivity index (χ2v) is 5.17. The number of ether oxygens (including phenoxy) is 2. The number of hydrogen-bond donors (Lipinski definition) is 1. The van der Waals surface area contributed by atoms with Crippen LogP contribution >= 0.6 is 11.6 Å². The Morgan fingerprint density at radius 1 is 1.09 bits per heavy atom. The Labute approximate surface area is 139 Å². The molecule has 0 saturated heterocycles. The van der Waals surface area contributed by atoms with Crippen molar-refractivity contribution in [1.29, 1.82) is 0 Å². The lowest BCUT2D eigenvalue weighted by atomic mass is 10.3. The number of rotatable bonds is 6. The number of esters is 1. The molecule has 0 bridgehead atoms. The van der Waals surface area contributed by atoms with Gasteiger partial charge in [-0.15, -0.1) is 0 Å². The molecule has 0 aromatic heterocycles. The second-order valence-electron chi connectivity index (χ2n) is 4.73. The van der Waals surface area contributed by atoms with Gasteiger partial charge >= 0.3 is 5.97 Å². The smallest absolute Gasteiger partial charge is 0.344 e. The Bertz CT molecular complexity index is 658. The van der Waals surface area contributed by atoms with E-state index < -0.39 is 18.0 Å². The van der Waals surface area contributed by atoms with E-state index in [1.54, 1.807) is 48.5 Å². The number of anilines is 1. The maximum Gasteiger partial charge on any atom is 0.344 e. The van der Waals surface area contributed by atoms with Gasteiger partial charge in [0.2, 0.25) is 0 Å². The molecule has 0 saturated carbocycles. The summed E-state index contributed by atoms with van der Waals surface area (Å²) in [6.07, 6.45) is -0.920. The van der Waals surface area contributed by atoms with Crippen molar-refractivity contribution < 1.29 is 19.1 Å². The van der Waals surface area contributed by atoms with Crippen LogP contribution in [0, 0.1) is 0 Å². The topological polar surface area (TPSA) is 64.6 Å². The fourth-order valence-electron chi connectivity index (χ4n) is 1.72. The number of amides is 1. The van der Waals surface area contributed by atoms with Crippen LogP contribution < -0.4 is 10.1 Å². The van der Waals surface area contributed by atoms with Gasteiger partial charge in [-0.3, -0.25) is 4.79 Å². The number of benzene rings is 2. The number of hydrogen-bond acceptors (Lipinski definition) is 4. The number of nitrogens with one attached hydrogen (secondary N) is 1. The minimum atomic E-state index is -0.920. The summed E-state index contributed by atoms with van der Waals surface area (Å²) in [5, 5.41) is 3.23. The quantitative estimate of drug-likeness (QED) is 0.824. The standard InChI is InChI=1S/C17H16ClNO4/c1-12(17(21)19-14-5-3-2-4-6-14)23-16(20)11-22-15-9-7-13(18)8-10-15/h2-10,12H,11H2,1H3,(H,19,21). The first-order valence-electron chi connectivity index (χ1n) is 6.98. The third-order valence-electron chi connectivity index (χ3n) is 2.89. The summed E-state index contributed by atoms with van der Waals surface area (Å²) in [4.78, 5) is 23.6. The molecule has 23 heavy (non-hydrogen) atoms. The number of halogens is 1. The van der Waals surface area contributed by atoms with Crippen molar-refractivity contribution in [3.05, 3.63) is 59.6 Å². The van der Waals surface area contributed by atoms with E-state index in [9.17, 15) is 9.59 Å². The Balaban J connectivity index is 1.77. The average Bonchev–Trinajstić information content (AvgIpc) is 2.55. The highest BCUT2D eigenvalue weighted by atomic mass is 35.5. The molecule has 1 N–H and O–H groups in total. The molecule has 0 aliphatic rings. The zero-order valence-electron chi connectivity index (χ0n) is 12.5. The van der Waals surface area contributed by atoms with Crippen molar-refractivity contribution in [3.8, 4) is 5.75 Å². The van der Waals surface area contributed by atoms with E-state index in [1.165, 1.54) is 6.92 Å². The molecule has 6 heteroatoms. The third kappa shape index (κ3) is 5.64. The number of para-hydroxylation sites is 1. The van der Waals surface area contributed by atoms with Crippen LogP contribution in [0.5, 0.6) is 5.75 Å². The molecule has 1 unspecified atom stereocenters. The SMILES string of the molecule is CC(OC(=O)COc1ccc(Cl)cc1)C(=O)Nc1ccccc1. The van der Waals surface area contributed by atoms with E-state index in [2.05, 4.69) is 5.32 Å². The van der Waals surface area contributed by atoms with Crippen molar-refractivity contribution in [2.24, 2.45) is 0 Å². The molecule has 0 fully saturated rings. The van der Waals surface area contributed by atoms with Crippen LogP contribution in [0.3, 0.4) is 0 Å². The molecule has 5 nitrogen and oxygen atoms in total. The molecule has 0 spiro atoms. The average molecular weight is 334 g/mol. The zero-order valence-corrected chi connectivity index (χ0v) is 13.2. The van der Waals surface area contributed by atoms with Gasteiger partial charge in [0, 0.05) is 10.7 Å². The minimum Gasteiger partial charge on any atom is -0.482 e. The van der Waals surface area contributed by atoms with Crippen molar-refractivity contribution >= 4 is 29.2 Å². The second kappa shape index (κ2) is 8.19. The Hall–Kier alpha value is -2.53. The first-order valence-corrected chi connectivity index (χ1v) is 7.36. The summed E-state index contributed by atoms with van der Waals surface area (Å²) in [6.45, 7) is 1.21. The van der Waals surface area contributed by atoms with Gasteiger partial charge in [-0.25, -0.2) is 4.79 Å². The van der Waals surface area contributed by atoms with Gasteiger partial charge in [0.15, 0.2) is 12.7 Å². The fourth-order valence-corrected chi connectivity index (χ4v) is 1.85. The van der Waals surface area contributed by atoms with E-state index in [1.807, 2.05) is 6.07 Å². The Morgan fingerprint density at radius 3 is 2.39 bits per heavy atom. The van der Waals surface area contributed by atoms with Gasteiger partial charge in [-0.1, -0.05) is 29.8 Å². The van der Waals surface area contributed by atoms with Crippen LogP contribution in [0.2, 0.25) is 5.02 Å². The van der Waals surface area contributed by atoms with Crippen LogP contribution in [0.4, 0.5) is 5.69 Å². The molecule has 0 radical (unpaired) electrons. The molecular weight excluding hydrogens is 318 g/mol. The van der Waals surface area contributed by atoms with E-state index in [4.69, 9.17) is 21.1 Å². The highest BCUT2D eigenvalue weighted by Gasteiger charge is 2.18. The van der Waals surface area contributed by atoms with Gasteiger partial charge in [0.1, 0.15) is 5.75 Å². The van der Waals surface area contributed by atoms with Crippen LogP contribution in [0.15, 0.2) is 54.6 Å². The monoisotopic (exact) mass is 333 g/mol. The van der Waals surface area contributed by atoms with Crippen LogP contribution in [-0.4, -0.2) is 24.6 Å². The van der Waals surface area contributed by atoms with Gasteiger partial charge < -0.3 is 14.8 Å². The van der Waals surface area contributed by atoms with Crippen molar-refractivity contribution in [2.45, 2.75) is 13.0 Å². The molecule has 0 aliphatic carbocycles. The Kier molecular flexibility index (Phi) is 6.00. The molecule has 2 aromatic rings. The molecule has 0 aliphatic heterocycles. The van der Waals surface area contributed by atoms with Crippen molar-refractivity contribution in [2.75, 3.05) is 11.9 Å². The predicted molar refractivity (Wildman–Crippen MR) is 87.6 cm³/mol. The van der Waals surface area contributed by atoms with Gasteiger partial charge in [0.25, 0.3) is 5.91 Å². The lowest BCUT2D eigenvalue weighted by molar-refractivity contribution is -0.155. The van der Waals surface area contributed by atoms with E-state index in [0.717, 1.165) is 0 Å². The highest BCUT2D eigenvalue weighted by Crippen LogP contribution is 2.15. The minimum absolute atomic E-state index is 0.287.